The summed E-state index contributed by atoms with van der Waals surface area (Å²) >= 11 is 0. The Morgan fingerprint density at radius 1 is 1.45 bits per heavy atom. The van der Waals surface area contributed by atoms with Crippen molar-refractivity contribution < 1.29 is 22.7 Å². The third-order valence-electron chi connectivity index (χ3n) is 2.74. The maximum absolute atomic E-state index is 11.9. The summed E-state index contributed by atoms with van der Waals surface area (Å²) in [5.41, 5.74) is 0.432. The number of ether oxygens (including phenoxy) is 1. The Bertz CT molecular complexity index is 458. The lowest BCUT2D eigenvalue weighted by Gasteiger charge is -2.26. The molecule has 1 aromatic heterocycles. The van der Waals surface area contributed by atoms with Gasteiger partial charge in [0.05, 0.1) is 11.9 Å². The number of anilines is 1. The van der Waals surface area contributed by atoms with E-state index in [9.17, 15) is 18.0 Å². The standard InChI is InChI=1S/C12H14F3N3O2/c13-12(14,15)7-20-11-2-1-9(6-17-11)18-10(19)3-8-4-16-5-8/h1-2,6,8,16H,3-5,7H2,(H,18,19). The number of nitrogens with zero attached hydrogens (tertiary/aromatic N) is 1. The fraction of sp³-hybridized carbons (Fsp3) is 0.500. The smallest absolute Gasteiger partial charge is 0.422 e. The third kappa shape index (κ3) is 4.69. The zero-order valence-electron chi connectivity index (χ0n) is 10.5. The average Bonchev–Trinajstić information content (AvgIpc) is 2.32. The summed E-state index contributed by atoms with van der Waals surface area (Å²) in [6.45, 7) is 0.270. The van der Waals surface area contributed by atoms with E-state index in [1.165, 1.54) is 18.3 Å². The van der Waals surface area contributed by atoms with E-state index in [4.69, 9.17) is 0 Å². The molecule has 0 aromatic carbocycles. The van der Waals surface area contributed by atoms with Gasteiger partial charge in [-0.1, -0.05) is 0 Å². The Kier molecular flexibility index (Phi) is 4.43. The zero-order valence-corrected chi connectivity index (χ0v) is 10.5. The Morgan fingerprint density at radius 3 is 2.70 bits per heavy atom. The molecule has 1 fully saturated rings. The highest BCUT2D eigenvalue weighted by Crippen LogP contribution is 2.18. The molecular formula is C12H14F3N3O2. The number of rotatable bonds is 5. The number of halogens is 3. The van der Waals surface area contributed by atoms with Crippen molar-refractivity contribution in [3.8, 4) is 5.88 Å². The highest BCUT2D eigenvalue weighted by atomic mass is 19.4. The van der Waals surface area contributed by atoms with Crippen molar-refractivity contribution in [1.29, 1.82) is 0 Å². The molecule has 20 heavy (non-hydrogen) atoms. The highest BCUT2D eigenvalue weighted by molar-refractivity contribution is 5.90. The van der Waals surface area contributed by atoms with E-state index in [0.29, 0.717) is 18.0 Å². The fourth-order valence-electron chi connectivity index (χ4n) is 1.66. The van der Waals surface area contributed by atoms with Crippen LogP contribution in [0.4, 0.5) is 18.9 Å². The summed E-state index contributed by atoms with van der Waals surface area (Å²) in [4.78, 5) is 15.3. The Balaban J connectivity index is 1.80. The molecule has 0 spiro atoms. The van der Waals surface area contributed by atoms with Crippen LogP contribution in [0.1, 0.15) is 6.42 Å². The van der Waals surface area contributed by atoms with Gasteiger partial charge in [-0.2, -0.15) is 13.2 Å². The molecule has 0 saturated carbocycles. The molecule has 0 atom stereocenters. The molecule has 1 amide bonds. The predicted molar refractivity (Wildman–Crippen MR) is 65.4 cm³/mol. The molecule has 0 bridgehead atoms. The van der Waals surface area contributed by atoms with Crippen molar-refractivity contribution in [3.05, 3.63) is 18.3 Å². The highest BCUT2D eigenvalue weighted by Gasteiger charge is 2.28. The fourth-order valence-corrected chi connectivity index (χ4v) is 1.66. The van der Waals surface area contributed by atoms with Crippen LogP contribution in [-0.2, 0) is 4.79 Å². The molecule has 1 saturated heterocycles. The third-order valence-corrected chi connectivity index (χ3v) is 2.74. The van der Waals surface area contributed by atoms with Gasteiger partial charge >= 0.3 is 6.18 Å². The van der Waals surface area contributed by atoms with Crippen LogP contribution in [0, 0.1) is 5.92 Å². The van der Waals surface area contributed by atoms with Crippen LogP contribution in [-0.4, -0.2) is 36.8 Å². The van der Waals surface area contributed by atoms with Crippen LogP contribution < -0.4 is 15.4 Å². The van der Waals surface area contributed by atoms with Gasteiger partial charge in [-0.05, 0) is 25.1 Å². The van der Waals surface area contributed by atoms with Gasteiger partial charge < -0.3 is 15.4 Å². The molecular weight excluding hydrogens is 275 g/mol. The Hall–Kier alpha value is -1.83. The minimum absolute atomic E-state index is 0.136. The number of pyridine rings is 1. The predicted octanol–water partition coefficient (Wildman–Crippen LogP) is 1.57. The first-order chi connectivity index (χ1) is 9.42. The summed E-state index contributed by atoms with van der Waals surface area (Å²) in [5, 5.41) is 5.70. The van der Waals surface area contributed by atoms with Crippen LogP contribution in [0.2, 0.25) is 0 Å². The van der Waals surface area contributed by atoms with Gasteiger partial charge in [-0.15, -0.1) is 0 Å². The molecule has 8 heteroatoms. The van der Waals surface area contributed by atoms with Gasteiger partial charge in [-0.25, -0.2) is 4.98 Å². The van der Waals surface area contributed by atoms with Gasteiger partial charge in [0.1, 0.15) is 0 Å². The van der Waals surface area contributed by atoms with Crippen molar-refractivity contribution in [2.45, 2.75) is 12.6 Å². The number of hydrogen-bond donors (Lipinski definition) is 2. The molecule has 2 heterocycles. The van der Waals surface area contributed by atoms with Crippen molar-refractivity contribution in [3.63, 3.8) is 0 Å². The molecule has 2 rings (SSSR count). The van der Waals surface area contributed by atoms with Crippen molar-refractivity contribution >= 4 is 11.6 Å². The van der Waals surface area contributed by atoms with E-state index in [0.717, 1.165) is 13.1 Å². The first-order valence-corrected chi connectivity index (χ1v) is 6.08. The van der Waals surface area contributed by atoms with Gasteiger partial charge in [-0.3, -0.25) is 4.79 Å². The van der Waals surface area contributed by atoms with Gasteiger partial charge in [0.15, 0.2) is 6.61 Å². The van der Waals surface area contributed by atoms with Crippen LogP contribution >= 0.6 is 0 Å². The maximum atomic E-state index is 11.9. The van der Waals surface area contributed by atoms with Gasteiger partial charge in [0, 0.05) is 12.5 Å². The number of hydrogen-bond acceptors (Lipinski definition) is 4. The molecule has 0 aliphatic carbocycles. The largest absolute Gasteiger partial charge is 0.468 e. The van der Waals surface area contributed by atoms with E-state index < -0.39 is 12.8 Å². The average molecular weight is 289 g/mol. The monoisotopic (exact) mass is 289 g/mol. The summed E-state index contributed by atoms with van der Waals surface area (Å²) in [6, 6.07) is 2.74. The minimum Gasteiger partial charge on any atom is -0.468 e. The van der Waals surface area contributed by atoms with Crippen LogP contribution in [0.3, 0.4) is 0 Å². The molecule has 1 aliphatic heterocycles. The van der Waals surface area contributed by atoms with Crippen molar-refractivity contribution in [1.82, 2.24) is 10.3 Å². The van der Waals surface area contributed by atoms with E-state index in [1.807, 2.05) is 0 Å². The second kappa shape index (κ2) is 6.08. The molecule has 5 nitrogen and oxygen atoms in total. The molecule has 0 unspecified atom stereocenters. The molecule has 2 N–H and O–H groups in total. The Morgan fingerprint density at radius 2 is 2.20 bits per heavy atom. The number of carbonyl (C=O) groups excluding carboxylic acids is 1. The number of nitrogens with one attached hydrogen (secondary N) is 2. The van der Waals surface area contributed by atoms with Crippen molar-refractivity contribution in [2.24, 2.45) is 5.92 Å². The van der Waals surface area contributed by atoms with Crippen LogP contribution in [0.15, 0.2) is 18.3 Å². The quantitative estimate of drug-likeness (QED) is 0.863. The van der Waals surface area contributed by atoms with Crippen LogP contribution in [0.25, 0.3) is 0 Å². The second-order valence-electron chi connectivity index (χ2n) is 4.57. The second-order valence-corrected chi connectivity index (χ2v) is 4.57. The lowest BCUT2D eigenvalue weighted by Crippen LogP contribution is -2.43. The first kappa shape index (κ1) is 14.6. The molecule has 0 radical (unpaired) electrons. The number of carbonyl (C=O) groups is 1. The summed E-state index contributed by atoms with van der Waals surface area (Å²) < 4.78 is 40.3. The first-order valence-electron chi connectivity index (χ1n) is 6.08. The maximum Gasteiger partial charge on any atom is 0.422 e. The van der Waals surface area contributed by atoms with E-state index in [2.05, 4.69) is 20.4 Å². The van der Waals surface area contributed by atoms with Crippen LogP contribution in [0.5, 0.6) is 5.88 Å². The number of alkyl halides is 3. The summed E-state index contributed by atoms with van der Waals surface area (Å²) in [6.07, 6.45) is -2.71. The Labute approximate surface area is 113 Å². The van der Waals surface area contributed by atoms with E-state index >= 15 is 0 Å². The topological polar surface area (TPSA) is 63.2 Å². The molecule has 1 aliphatic rings. The van der Waals surface area contributed by atoms with Gasteiger partial charge in [0.2, 0.25) is 11.8 Å². The SMILES string of the molecule is O=C(CC1CNC1)Nc1ccc(OCC(F)(F)F)nc1. The van der Waals surface area contributed by atoms with E-state index in [1.54, 1.807) is 0 Å². The molecule has 1 aromatic rings. The number of amides is 1. The minimum atomic E-state index is -4.40. The molecule has 110 valence electrons. The lowest BCUT2D eigenvalue weighted by atomic mass is 9.99. The van der Waals surface area contributed by atoms with E-state index in [-0.39, 0.29) is 11.8 Å². The summed E-state index contributed by atoms with van der Waals surface area (Å²) in [5.74, 6) is 0.0723. The van der Waals surface area contributed by atoms with Crippen molar-refractivity contribution in [2.75, 3.05) is 25.0 Å². The normalized spacial score (nSPS) is 15.6. The zero-order chi connectivity index (χ0) is 14.6. The van der Waals surface area contributed by atoms with Gasteiger partial charge in [0.25, 0.3) is 0 Å². The lowest BCUT2D eigenvalue weighted by molar-refractivity contribution is -0.154. The number of aromatic nitrogens is 1. The summed E-state index contributed by atoms with van der Waals surface area (Å²) in [7, 11) is 0.